The maximum atomic E-state index is 12.6. The second-order valence-electron chi connectivity index (χ2n) is 5.16. The van der Waals surface area contributed by atoms with Crippen LogP contribution in [0.4, 0.5) is 5.82 Å². The van der Waals surface area contributed by atoms with Crippen LogP contribution in [-0.2, 0) is 10.0 Å². The van der Waals surface area contributed by atoms with Gasteiger partial charge in [0, 0.05) is 25.3 Å². The Hall–Kier alpha value is -0.600. The number of sulfonamides is 1. The Labute approximate surface area is 136 Å². The molecule has 9 heteroatoms. The molecule has 6 nitrogen and oxygen atoms in total. The average Bonchev–Trinajstić information content (AvgIpc) is 2.41. The fraction of sp³-hybridized carbons (Fsp3) is 0.583. The van der Waals surface area contributed by atoms with E-state index in [-0.39, 0.29) is 40.1 Å². The van der Waals surface area contributed by atoms with Crippen molar-refractivity contribution in [3.63, 3.8) is 0 Å². The molecule has 0 radical (unpaired) electrons. The van der Waals surface area contributed by atoms with E-state index in [1.807, 2.05) is 6.92 Å². The Kier molecular flexibility index (Phi) is 6.24. The Morgan fingerprint density at radius 3 is 2.81 bits per heavy atom. The highest BCUT2D eigenvalue weighted by Crippen LogP contribution is 2.28. The minimum Gasteiger partial charge on any atom is -0.383 e. The lowest BCUT2D eigenvalue weighted by Crippen LogP contribution is -2.45. The highest BCUT2D eigenvalue weighted by molar-refractivity contribution is 7.89. The standard InChI is InChI=1S/C12H19ClN4O2S.ClH/c1-8(14)9-3-2-4-17(7-9)20(18,19)11-5-10(13)6-16-12(11)15;/h5-6,8-9H,2-4,7,14H2,1H3,(H2,15,16);1H. The maximum Gasteiger partial charge on any atom is 0.246 e. The summed E-state index contributed by atoms with van der Waals surface area (Å²) in [6.07, 6.45) is 3.06. The highest BCUT2D eigenvalue weighted by atomic mass is 35.5. The second-order valence-corrected chi connectivity index (χ2v) is 7.50. The Morgan fingerprint density at radius 2 is 2.19 bits per heavy atom. The van der Waals surface area contributed by atoms with Crippen molar-refractivity contribution in [3.8, 4) is 0 Å². The van der Waals surface area contributed by atoms with Crippen LogP contribution in [0.3, 0.4) is 0 Å². The van der Waals surface area contributed by atoms with Gasteiger partial charge in [-0.2, -0.15) is 4.31 Å². The second kappa shape index (κ2) is 7.11. The zero-order chi connectivity index (χ0) is 14.9. The quantitative estimate of drug-likeness (QED) is 0.855. The molecule has 2 unspecified atom stereocenters. The van der Waals surface area contributed by atoms with Gasteiger partial charge in [-0.1, -0.05) is 11.6 Å². The summed E-state index contributed by atoms with van der Waals surface area (Å²) in [6, 6.07) is 1.30. The molecule has 120 valence electrons. The van der Waals surface area contributed by atoms with Gasteiger partial charge in [0.05, 0.1) is 5.02 Å². The molecule has 2 heterocycles. The smallest absolute Gasteiger partial charge is 0.246 e. The normalized spacial score (nSPS) is 21.6. The summed E-state index contributed by atoms with van der Waals surface area (Å²) in [7, 11) is -3.68. The molecule has 0 aliphatic carbocycles. The van der Waals surface area contributed by atoms with Crippen LogP contribution < -0.4 is 11.5 Å². The molecule has 1 aromatic rings. The molecule has 1 aliphatic heterocycles. The summed E-state index contributed by atoms with van der Waals surface area (Å²) in [5, 5.41) is 0.249. The first-order valence-electron chi connectivity index (χ1n) is 6.49. The maximum absolute atomic E-state index is 12.6. The van der Waals surface area contributed by atoms with Crippen molar-refractivity contribution in [2.75, 3.05) is 18.8 Å². The number of nitrogens with two attached hydrogens (primary N) is 2. The van der Waals surface area contributed by atoms with Gasteiger partial charge in [-0.15, -0.1) is 12.4 Å². The Bertz CT molecular complexity index is 595. The zero-order valence-electron chi connectivity index (χ0n) is 11.7. The van der Waals surface area contributed by atoms with Gasteiger partial charge in [0.25, 0.3) is 0 Å². The van der Waals surface area contributed by atoms with E-state index < -0.39 is 10.0 Å². The van der Waals surface area contributed by atoms with E-state index in [4.69, 9.17) is 23.1 Å². The molecule has 0 saturated carbocycles. The first-order valence-corrected chi connectivity index (χ1v) is 8.31. The monoisotopic (exact) mass is 354 g/mol. The third-order valence-electron chi connectivity index (χ3n) is 3.63. The van der Waals surface area contributed by atoms with E-state index >= 15 is 0 Å². The largest absolute Gasteiger partial charge is 0.383 e. The van der Waals surface area contributed by atoms with Crippen LogP contribution in [0.5, 0.6) is 0 Å². The van der Waals surface area contributed by atoms with Crippen LogP contribution in [0.15, 0.2) is 17.2 Å². The molecule has 1 fully saturated rings. The third kappa shape index (κ3) is 3.98. The minimum absolute atomic E-state index is 0. The molecule has 1 saturated heterocycles. The van der Waals surface area contributed by atoms with Crippen LogP contribution in [-0.4, -0.2) is 36.8 Å². The van der Waals surface area contributed by atoms with Gasteiger partial charge >= 0.3 is 0 Å². The van der Waals surface area contributed by atoms with Crippen LogP contribution in [0.2, 0.25) is 5.02 Å². The van der Waals surface area contributed by atoms with Crippen molar-refractivity contribution in [1.29, 1.82) is 0 Å². The van der Waals surface area contributed by atoms with Gasteiger partial charge in [0.15, 0.2) is 0 Å². The number of piperidine rings is 1. The zero-order valence-corrected chi connectivity index (χ0v) is 14.1. The lowest BCUT2D eigenvalue weighted by molar-refractivity contribution is 0.243. The summed E-state index contributed by atoms with van der Waals surface area (Å²) in [6.45, 7) is 2.78. The number of hydrogen-bond acceptors (Lipinski definition) is 5. The fourth-order valence-corrected chi connectivity index (χ4v) is 4.25. The van der Waals surface area contributed by atoms with Gasteiger partial charge in [-0.05, 0) is 31.7 Å². The molecule has 4 N–H and O–H groups in total. The summed E-state index contributed by atoms with van der Waals surface area (Å²) in [5.74, 6) is 0.129. The van der Waals surface area contributed by atoms with Crippen LogP contribution in [0.1, 0.15) is 19.8 Å². The van der Waals surface area contributed by atoms with Crippen LogP contribution >= 0.6 is 24.0 Å². The predicted octanol–water partition coefficient (Wildman–Crippen LogP) is 1.49. The molecule has 0 spiro atoms. The van der Waals surface area contributed by atoms with Gasteiger partial charge in [-0.25, -0.2) is 13.4 Å². The van der Waals surface area contributed by atoms with Crippen LogP contribution in [0, 0.1) is 5.92 Å². The molecule has 0 amide bonds. The van der Waals surface area contributed by atoms with Gasteiger partial charge in [-0.3, -0.25) is 0 Å². The SMILES string of the molecule is CC(N)C1CCCN(S(=O)(=O)c2cc(Cl)cnc2N)C1.Cl. The number of anilines is 1. The first-order chi connectivity index (χ1) is 9.32. The lowest BCUT2D eigenvalue weighted by atomic mass is 9.93. The van der Waals surface area contributed by atoms with Crippen molar-refractivity contribution in [1.82, 2.24) is 9.29 Å². The number of aromatic nitrogens is 1. The van der Waals surface area contributed by atoms with E-state index in [1.54, 1.807) is 0 Å². The van der Waals surface area contributed by atoms with E-state index in [1.165, 1.54) is 16.6 Å². The number of nitrogens with zero attached hydrogens (tertiary/aromatic N) is 2. The van der Waals surface area contributed by atoms with Gasteiger partial charge in [0.2, 0.25) is 10.0 Å². The Balaban J connectivity index is 0.00000220. The molecule has 1 aromatic heterocycles. The van der Waals surface area contributed by atoms with Gasteiger partial charge < -0.3 is 11.5 Å². The average molecular weight is 355 g/mol. The fourth-order valence-electron chi connectivity index (χ4n) is 2.40. The third-order valence-corrected chi connectivity index (χ3v) is 5.73. The van der Waals surface area contributed by atoms with Crippen molar-refractivity contribution in [3.05, 3.63) is 17.3 Å². The molecular formula is C12H20Cl2N4O2S. The molecule has 2 rings (SSSR count). The Morgan fingerprint density at radius 1 is 1.52 bits per heavy atom. The van der Waals surface area contributed by atoms with Crippen molar-refractivity contribution >= 4 is 39.8 Å². The number of nitrogen functional groups attached to an aromatic ring is 1. The number of hydrogen-bond donors (Lipinski definition) is 2. The van der Waals surface area contributed by atoms with E-state index in [9.17, 15) is 8.42 Å². The number of rotatable bonds is 3. The summed E-state index contributed by atoms with van der Waals surface area (Å²) >= 11 is 5.82. The molecule has 1 aliphatic rings. The predicted molar refractivity (Wildman–Crippen MR) is 86.0 cm³/mol. The van der Waals surface area contributed by atoms with Crippen LogP contribution in [0.25, 0.3) is 0 Å². The first kappa shape index (κ1) is 18.4. The summed E-state index contributed by atoms with van der Waals surface area (Å²) in [5.41, 5.74) is 11.6. The molecule has 2 atom stereocenters. The topological polar surface area (TPSA) is 102 Å². The highest BCUT2D eigenvalue weighted by Gasteiger charge is 2.33. The van der Waals surface area contributed by atoms with Crippen molar-refractivity contribution in [2.45, 2.75) is 30.7 Å². The number of halogens is 2. The van der Waals surface area contributed by atoms with Gasteiger partial charge in [0.1, 0.15) is 10.7 Å². The van der Waals surface area contributed by atoms with E-state index in [0.29, 0.717) is 13.1 Å². The van der Waals surface area contributed by atoms with E-state index in [2.05, 4.69) is 4.98 Å². The minimum atomic E-state index is -3.68. The summed E-state index contributed by atoms with van der Waals surface area (Å²) < 4.78 is 26.7. The lowest BCUT2D eigenvalue weighted by Gasteiger charge is -2.33. The molecular weight excluding hydrogens is 335 g/mol. The van der Waals surface area contributed by atoms with E-state index in [0.717, 1.165) is 12.8 Å². The molecule has 0 aromatic carbocycles. The molecule has 21 heavy (non-hydrogen) atoms. The number of pyridine rings is 1. The summed E-state index contributed by atoms with van der Waals surface area (Å²) in [4.78, 5) is 3.78. The molecule has 0 bridgehead atoms. The van der Waals surface area contributed by atoms with Crippen molar-refractivity contribution in [2.24, 2.45) is 11.7 Å². The van der Waals surface area contributed by atoms with Crippen molar-refractivity contribution < 1.29 is 8.42 Å².